The number of unbranched alkanes of at least 4 members (excludes halogenated alkanes) is 2. The van der Waals surface area contributed by atoms with Crippen molar-refractivity contribution in [2.45, 2.75) is 46.6 Å². The van der Waals surface area contributed by atoms with Gasteiger partial charge in [0.15, 0.2) is 5.65 Å². The molecule has 0 radical (unpaired) electrons. The van der Waals surface area contributed by atoms with Gasteiger partial charge in [-0.2, -0.15) is 0 Å². The van der Waals surface area contributed by atoms with Gasteiger partial charge in [-0.15, -0.1) is 0 Å². The maximum Gasteiger partial charge on any atom is 0.327 e. The second-order valence-corrected chi connectivity index (χ2v) is 6.34. The molecule has 0 aliphatic carbocycles. The Labute approximate surface area is 140 Å². The summed E-state index contributed by atoms with van der Waals surface area (Å²) in [7, 11) is 0. The van der Waals surface area contributed by atoms with E-state index < -0.39 is 0 Å². The minimum Gasteiger partial charge on any atom is -0.396 e. The van der Waals surface area contributed by atoms with Crippen LogP contribution in [-0.4, -0.2) is 27.4 Å². The lowest BCUT2D eigenvalue weighted by atomic mass is 10.2. The average molecular weight is 339 g/mol. The van der Waals surface area contributed by atoms with E-state index in [4.69, 9.17) is 16.4 Å². The molecule has 0 bridgehead atoms. The lowest BCUT2D eigenvalue weighted by Crippen LogP contribution is -2.17. The number of rotatable bonds is 8. The van der Waals surface area contributed by atoms with Crippen LogP contribution in [0.3, 0.4) is 0 Å². The highest BCUT2D eigenvalue weighted by molar-refractivity contribution is 6.34. The normalized spacial score (nSPS) is 11.9. The molecule has 0 unspecified atom stereocenters. The van der Waals surface area contributed by atoms with Gasteiger partial charge in [0.1, 0.15) is 6.61 Å². The van der Waals surface area contributed by atoms with Crippen LogP contribution in [0.15, 0.2) is 16.1 Å². The lowest BCUT2D eigenvalue weighted by Gasteiger charge is -2.06. The molecule has 0 spiro atoms. The number of H-pyrrole nitrogens is 1. The summed E-state index contributed by atoms with van der Waals surface area (Å²) in [5, 5.41) is 4.42. The van der Waals surface area contributed by atoms with Gasteiger partial charge in [-0.3, -0.25) is 9.55 Å². The van der Waals surface area contributed by atoms with Gasteiger partial charge in [-0.25, -0.2) is 9.78 Å². The molecule has 2 heterocycles. The van der Waals surface area contributed by atoms with Crippen LogP contribution in [0.2, 0.25) is 5.02 Å². The fourth-order valence-electron chi connectivity index (χ4n) is 2.27. The van der Waals surface area contributed by atoms with Gasteiger partial charge in [0, 0.05) is 18.3 Å². The molecule has 1 N–H and O–H groups in total. The quantitative estimate of drug-likeness (QED) is 0.454. The Morgan fingerprint density at radius 2 is 2.26 bits per heavy atom. The predicted octanol–water partition coefficient (Wildman–Crippen LogP) is 3.57. The molecular formula is C16H23ClN4O2. The summed E-state index contributed by atoms with van der Waals surface area (Å²) in [6.07, 6.45) is 6.15. The van der Waals surface area contributed by atoms with Crippen LogP contribution in [0.1, 0.15) is 45.6 Å². The van der Waals surface area contributed by atoms with E-state index in [0.29, 0.717) is 40.8 Å². The highest BCUT2D eigenvalue weighted by Crippen LogP contribution is 2.21. The average Bonchev–Trinajstić information content (AvgIpc) is 2.82. The SMILES string of the molecule is CCCCCn1c(=O)[nH]c2ncc(Cl)c(C=NOCC(C)C)c21. The van der Waals surface area contributed by atoms with Gasteiger partial charge in [-0.1, -0.05) is 50.4 Å². The molecule has 126 valence electrons. The molecular weight excluding hydrogens is 316 g/mol. The van der Waals surface area contributed by atoms with Crippen molar-refractivity contribution in [3.63, 3.8) is 0 Å². The fraction of sp³-hybridized carbons (Fsp3) is 0.562. The summed E-state index contributed by atoms with van der Waals surface area (Å²) < 4.78 is 1.67. The number of imidazole rings is 1. The monoisotopic (exact) mass is 338 g/mol. The Hall–Kier alpha value is -1.82. The van der Waals surface area contributed by atoms with Crippen molar-refractivity contribution in [1.29, 1.82) is 0 Å². The van der Waals surface area contributed by atoms with E-state index in [1.165, 1.54) is 6.20 Å². The number of nitrogens with zero attached hydrogens (tertiary/aromatic N) is 3. The minimum atomic E-state index is -0.177. The maximum absolute atomic E-state index is 12.2. The molecule has 0 fully saturated rings. The van der Waals surface area contributed by atoms with Crippen LogP contribution >= 0.6 is 11.6 Å². The number of aromatic nitrogens is 3. The molecule has 0 amide bonds. The molecule has 0 saturated heterocycles. The van der Waals surface area contributed by atoms with E-state index >= 15 is 0 Å². The fourth-order valence-corrected chi connectivity index (χ4v) is 2.45. The Morgan fingerprint density at radius 1 is 1.48 bits per heavy atom. The summed E-state index contributed by atoms with van der Waals surface area (Å²) in [5.41, 5.74) is 1.66. The second kappa shape index (κ2) is 8.15. The van der Waals surface area contributed by atoms with Gasteiger partial charge < -0.3 is 4.84 Å². The van der Waals surface area contributed by atoms with Crippen molar-refractivity contribution >= 4 is 29.0 Å². The van der Waals surface area contributed by atoms with Gasteiger partial charge >= 0.3 is 5.69 Å². The number of pyridine rings is 1. The van der Waals surface area contributed by atoms with Crippen molar-refractivity contribution in [3.05, 3.63) is 27.3 Å². The van der Waals surface area contributed by atoms with Crippen LogP contribution < -0.4 is 5.69 Å². The molecule has 0 aliphatic rings. The molecule has 7 heteroatoms. The molecule has 2 rings (SSSR count). The molecule has 23 heavy (non-hydrogen) atoms. The first kappa shape index (κ1) is 17.5. The zero-order valence-electron chi connectivity index (χ0n) is 13.8. The van der Waals surface area contributed by atoms with Crippen LogP contribution in [0.25, 0.3) is 11.2 Å². The van der Waals surface area contributed by atoms with Crippen LogP contribution in [0.5, 0.6) is 0 Å². The molecule has 0 aromatic carbocycles. The first-order valence-corrected chi connectivity index (χ1v) is 8.34. The van der Waals surface area contributed by atoms with E-state index in [-0.39, 0.29) is 5.69 Å². The van der Waals surface area contributed by atoms with E-state index in [2.05, 4.69) is 22.0 Å². The Kier molecular flexibility index (Phi) is 6.21. The van der Waals surface area contributed by atoms with Crippen molar-refractivity contribution in [1.82, 2.24) is 14.5 Å². The van der Waals surface area contributed by atoms with E-state index in [1.807, 2.05) is 13.8 Å². The molecule has 6 nitrogen and oxygen atoms in total. The van der Waals surface area contributed by atoms with Crippen molar-refractivity contribution in [2.75, 3.05) is 6.61 Å². The van der Waals surface area contributed by atoms with Crippen molar-refractivity contribution in [2.24, 2.45) is 11.1 Å². The van der Waals surface area contributed by atoms with E-state index in [1.54, 1.807) is 10.8 Å². The Bertz CT molecular complexity index is 733. The highest BCUT2D eigenvalue weighted by Gasteiger charge is 2.14. The maximum atomic E-state index is 12.2. The zero-order chi connectivity index (χ0) is 16.8. The first-order valence-electron chi connectivity index (χ1n) is 7.97. The third-order valence-corrected chi connectivity index (χ3v) is 3.73. The van der Waals surface area contributed by atoms with Gasteiger partial charge in [0.2, 0.25) is 0 Å². The summed E-state index contributed by atoms with van der Waals surface area (Å²) in [4.78, 5) is 24.4. The Balaban J connectivity index is 2.37. The van der Waals surface area contributed by atoms with Gasteiger partial charge in [0.05, 0.1) is 16.8 Å². The standard InChI is InChI=1S/C16H23ClN4O2/c1-4-5-6-7-21-14-12(8-19-23-10-11(2)3)13(17)9-18-15(14)20-16(21)22/h8-9,11H,4-7,10H2,1-3H3,(H,18,20,22). The molecule has 0 aliphatic heterocycles. The minimum absolute atomic E-state index is 0.177. The lowest BCUT2D eigenvalue weighted by molar-refractivity contribution is 0.120. The third kappa shape index (κ3) is 4.34. The van der Waals surface area contributed by atoms with Crippen LogP contribution in [0.4, 0.5) is 0 Å². The summed E-state index contributed by atoms with van der Waals surface area (Å²) in [5.74, 6) is 0.388. The number of fused-ring (bicyclic) bond motifs is 1. The zero-order valence-corrected chi connectivity index (χ0v) is 14.6. The van der Waals surface area contributed by atoms with Crippen LogP contribution in [-0.2, 0) is 11.4 Å². The van der Waals surface area contributed by atoms with E-state index in [9.17, 15) is 4.79 Å². The number of halogens is 1. The summed E-state index contributed by atoms with van der Waals surface area (Å²) in [6.45, 7) is 7.37. The third-order valence-electron chi connectivity index (χ3n) is 3.43. The topological polar surface area (TPSA) is 72.3 Å². The number of aryl methyl sites for hydroxylation is 1. The van der Waals surface area contributed by atoms with Gasteiger partial charge in [-0.05, 0) is 12.3 Å². The van der Waals surface area contributed by atoms with E-state index in [0.717, 1.165) is 19.3 Å². The van der Waals surface area contributed by atoms with Crippen molar-refractivity contribution in [3.8, 4) is 0 Å². The second-order valence-electron chi connectivity index (χ2n) is 5.93. The molecule has 0 atom stereocenters. The number of hydrogen-bond donors (Lipinski definition) is 1. The predicted molar refractivity (Wildman–Crippen MR) is 93.3 cm³/mol. The Morgan fingerprint density at radius 3 is 2.96 bits per heavy atom. The number of hydrogen-bond acceptors (Lipinski definition) is 4. The van der Waals surface area contributed by atoms with Gasteiger partial charge in [0.25, 0.3) is 0 Å². The summed E-state index contributed by atoms with van der Waals surface area (Å²) >= 11 is 6.25. The molecule has 2 aromatic rings. The first-order chi connectivity index (χ1) is 11.0. The smallest absolute Gasteiger partial charge is 0.327 e. The molecule has 0 saturated carbocycles. The number of nitrogens with one attached hydrogen (secondary N) is 1. The number of oxime groups is 1. The largest absolute Gasteiger partial charge is 0.396 e. The number of aromatic amines is 1. The van der Waals surface area contributed by atoms with Crippen LogP contribution in [0, 0.1) is 5.92 Å². The van der Waals surface area contributed by atoms with Crippen molar-refractivity contribution < 1.29 is 4.84 Å². The highest BCUT2D eigenvalue weighted by atomic mass is 35.5. The summed E-state index contributed by atoms with van der Waals surface area (Å²) in [6, 6.07) is 0. The molecule has 2 aromatic heterocycles.